The van der Waals surface area contributed by atoms with Gasteiger partial charge in [0, 0.05) is 9.37 Å². The molecule has 0 radical (unpaired) electrons. The molecular formula is C9H10BrNO2S. The molecule has 0 unspecified atom stereocenters. The summed E-state index contributed by atoms with van der Waals surface area (Å²) in [6.45, 7) is 0.179. The Morgan fingerprint density at radius 1 is 1.57 bits per heavy atom. The highest BCUT2D eigenvalue weighted by molar-refractivity contribution is 9.10. The highest BCUT2D eigenvalue weighted by Crippen LogP contribution is 2.33. The van der Waals surface area contributed by atoms with Gasteiger partial charge in [-0.05, 0) is 24.0 Å². The molecule has 0 saturated carbocycles. The predicted molar refractivity (Wildman–Crippen MR) is 62.0 cm³/mol. The Balaban J connectivity index is 3.15. The number of halogens is 1. The maximum atomic E-state index is 10.2. The second kappa shape index (κ2) is 5.36. The summed E-state index contributed by atoms with van der Waals surface area (Å²) in [6.07, 6.45) is 1.96. The van der Waals surface area contributed by atoms with Crippen molar-refractivity contribution in [3.8, 4) is 5.75 Å². The van der Waals surface area contributed by atoms with Crippen LogP contribution in [0.2, 0.25) is 0 Å². The number of benzene rings is 1. The molecule has 5 heteroatoms. The van der Waals surface area contributed by atoms with E-state index in [1.165, 1.54) is 0 Å². The van der Waals surface area contributed by atoms with E-state index in [1.54, 1.807) is 18.9 Å². The number of rotatable bonds is 4. The fourth-order valence-electron chi connectivity index (χ4n) is 1.09. The van der Waals surface area contributed by atoms with E-state index >= 15 is 0 Å². The zero-order valence-electron chi connectivity index (χ0n) is 7.91. The third-order valence-electron chi connectivity index (χ3n) is 1.79. The molecule has 1 rings (SSSR count). The van der Waals surface area contributed by atoms with Crippen LogP contribution in [0.4, 0.5) is 0 Å². The molecule has 0 fully saturated rings. The first-order valence-electron chi connectivity index (χ1n) is 3.92. The largest absolute Gasteiger partial charge is 0.496 e. The number of methoxy groups -OCH3 is 1. The van der Waals surface area contributed by atoms with Gasteiger partial charge in [0.2, 0.25) is 0 Å². The lowest BCUT2D eigenvalue weighted by Gasteiger charge is -2.09. The molecule has 0 heterocycles. The molecule has 0 aliphatic heterocycles. The monoisotopic (exact) mass is 275 g/mol. The van der Waals surface area contributed by atoms with Gasteiger partial charge in [0.05, 0.1) is 7.11 Å². The van der Waals surface area contributed by atoms with E-state index in [0.717, 1.165) is 20.7 Å². The van der Waals surface area contributed by atoms with Crippen molar-refractivity contribution < 1.29 is 4.74 Å². The quantitative estimate of drug-likeness (QED) is 0.624. The molecule has 0 aliphatic carbocycles. The van der Waals surface area contributed by atoms with E-state index < -0.39 is 0 Å². The Kier molecular flexibility index (Phi) is 4.41. The number of nitroso groups, excluding NO2 is 1. The Hall–Kier alpha value is -0.550. The molecule has 76 valence electrons. The minimum absolute atomic E-state index is 0.179. The van der Waals surface area contributed by atoms with Crippen molar-refractivity contribution in [1.82, 2.24) is 0 Å². The summed E-state index contributed by atoms with van der Waals surface area (Å²) in [7, 11) is 1.62. The van der Waals surface area contributed by atoms with E-state index in [0.29, 0.717) is 0 Å². The van der Waals surface area contributed by atoms with Crippen molar-refractivity contribution in [2.45, 2.75) is 11.4 Å². The van der Waals surface area contributed by atoms with Crippen LogP contribution in [0.25, 0.3) is 0 Å². The van der Waals surface area contributed by atoms with Crippen LogP contribution < -0.4 is 4.74 Å². The van der Waals surface area contributed by atoms with E-state index in [2.05, 4.69) is 21.1 Å². The molecule has 1 aromatic rings. The molecular weight excluding hydrogens is 266 g/mol. The molecule has 1 aromatic carbocycles. The second-order valence-electron chi connectivity index (χ2n) is 2.59. The number of hydrogen-bond acceptors (Lipinski definition) is 4. The average molecular weight is 276 g/mol. The van der Waals surface area contributed by atoms with Crippen molar-refractivity contribution in [3.05, 3.63) is 27.1 Å². The molecule has 0 spiro atoms. The smallest absolute Gasteiger partial charge is 0.133 e. The van der Waals surface area contributed by atoms with Gasteiger partial charge < -0.3 is 4.74 Å². The van der Waals surface area contributed by atoms with Crippen LogP contribution >= 0.6 is 27.7 Å². The van der Waals surface area contributed by atoms with Crippen LogP contribution in [-0.4, -0.2) is 13.4 Å². The zero-order chi connectivity index (χ0) is 10.6. The number of ether oxygens (including phenoxy) is 1. The first-order chi connectivity index (χ1) is 6.72. The average Bonchev–Trinajstić information content (AvgIpc) is 2.20. The van der Waals surface area contributed by atoms with E-state index in [4.69, 9.17) is 4.74 Å². The van der Waals surface area contributed by atoms with Crippen LogP contribution in [0.1, 0.15) is 5.56 Å². The zero-order valence-corrected chi connectivity index (χ0v) is 10.3. The van der Waals surface area contributed by atoms with Gasteiger partial charge in [-0.1, -0.05) is 21.1 Å². The van der Waals surface area contributed by atoms with Crippen LogP contribution in [0.3, 0.4) is 0 Å². The minimum Gasteiger partial charge on any atom is -0.496 e. The fourth-order valence-corrected chi connectivity index (χ4v) is 2.14. The van der Waals surface area contributed by atoms with Crippen molar-refractivity contribution in [2.24, 2.45) is 5.18 Å². The van der Waals surface area contributed by atoms with Gasteiger partial charge in [-0.3, -0.25) is 0 Å². The van der Waals surface area contributed by atoms with Crippen molar-refractivity contribution >= 4 is 27.7 Å². The van der Waals surface area contributed by atoms with Crippen LogP contribution in [-0.2, 0) is 6.54 Å². The normalized spacial score (nSPS) is 9.93. The highest BCUT2D eigenvalue weighted by atomic mass is 79.9. The van der Waals surface area contributed by atoms with Crippen molar-refractivity contribution in [2.75, 3.05) is 13.4 Å². The molecule has 0 bridgehead atoms. The first-order valence-corrected chi connectivity index (χ1v) is 5.94. The minimum atomic E-state index is 0.179. The van der Waals surface area contributed by atoms with E-state index in [-0.39, 0.29) is 6.54 Å². The summed E-state index contributed by atoms with van der Waals surface area (Å²) in [5, 5.41) is 2.87. The number of hydrogen-bond donors (Lipinski definition) is 0. The third-order valence-corrected chi connectivity index (χ3v) is 3.28. The summed E-state index contributed by atoms with van der Waals surface area (Å²) in [5.74, 6) is 0.805. The van der Waals surface area contributed by atoms with Crippen molar-refractivity contribution in [1.29, 1.82) is 0 Å². The molecule has 0 saturated heterocycles. The fraction of sp³-hybridized carbons (Fsp3) is 0.333. The lowest BCUT2D eigenvalue weighted by Crippen LogP contribution is -1.90. The SMILES string of the molecule is COc1cc(Br)c(CN=O)cc1SC. The summed E-state index contributed by atoms with van der Waals surface area (Å²) in [4.78, 5) is 11.2. The standard InChI is InChI=1S/C9H10BrNO2S/c1-13-8-4-7(10)6(5-11-12)3-9(8)14-2/h3-4H,5H2,1-2H3. The molecule has 14 heavy (non-hydrogen) atoms. The second-order valence-corrected chi connectivity index (χ2v) is 4.29. The maximum absolute atomic E-state index is 10.2. The Labute approximate surface area is 95.3 Å². The third kappa shape index (κ3) is 2.48. The topological polar surface area (TPSA) is 38.7 Å². The summed E-state index contributed by atoms with van der Waals surface area (Å²) in [5.41, 5.74) is 0.880. The number of nitrogens with zero attached hydrogens (tertiary/aromatic N) is 1. The highest BCUT2D eigenvalue weighted by Gasteiger charge is 2.08. The summed E-state index contributed by atoms with van der Waals surface area (Å²) >= 11 is 4.94. The molecule has 3 nitrogen and oxygen atoms in total. The lowest BCUT2D eigenvalue weighted by atomic mass is 10.2. The van der Waals surface area contributed by atoms with Crippen LogP contribution in [0.15, 0.2) is 26.7 Å². The van der Waals surface area contributed by atoms with Gasteiger partial charge in [-0.15, -0.1) is 11.8 Å². The Morgan fingerprint density at radius 2 is 2.29 bits per heavy atom. The van der Waals surface area contributed by atoms with Gasteiger partial charge in [-0.25, -0.2) is 0 Å². The lowest BCUT2D eigenvalue weighted by molar-refractivity contribution is 0.404. The van der Waals surface area contributed by atoms with Crippen LogP contribution in [0, 0.1) is 4.91 Å². The molecule has 0 amide bonds. The molecule has 0 N–H and O–H groups in total. The molecule has 0 atom stereocenters. The van der Waals surface area contributed by atoms with Gasteiger partial charge in [0.15, 0.2) is 0 Å². The van der Waals surface area contributed by atoms with Crippen molar-refractivity contribution in [3.63, 3.8) is 0 Å². The first kappa shape index (κ1) is 11.5. The van der Waals surface area contributed by atoms with E-state index in [9.17, 15) is 4.91 Å². The number of thioether (sulfide) groups is 1. The van der Waals surface area contributed by atoms with Gasteiger partial charge in [0.1, 0.15) is 12.3 Å². The molecule has 0 aliphatic rings. The predicted octanol–water partition coefficient (Wildman–Crippen LogP) is 3.45. The van der Waals surface area contributed by atoms with Gasteiger partial charge >= 0.3 is 0 Å². The maximum Gasteiger partial charge on any atom is 0.133 e. The summed E-state index contributed by atoms with van der Waals surface area (Å²) < 4.78 is 6.04. The molecule has 0 aromatic heterocycles. The summed E-state index contributed by atoms with van der Waals surface area (Å²) in [6, 6.07) is 3.77. The van der Waals surface area contributed by atoms with Crippen LogP contribution in [0.5, 0.6) is 5.75 Å². The Bertz CT molecular complexity index is 344. The van der Waals surface area contributed by atoms with Gasteiger partial charge in [0.25, 0.3) is 0 Å². The Morgan fingerprint density at radius 3 is 2.79 bits per heavy atom. The van der Waals surface area contributed by atoms with Gasteiger partial charge in [-0.2, -0.15) is 4.91 Å². The van der Waals surface area contributed by atoms with E-state index in [1.807, 2.05) is 18.4 Å².